The Morgan fingerprint density at radius 3 is 2.21 bits per heavy atom. The van der Waals surface area contributed by atoms with Crippen LogP contribution in [0.2, 0.25) is 0 Å². The van der Waals surface area contributed by atoms with E-state index in [0.29, 0.717) is 12.0 Å². The minimum atomic E-state index is 0.662. The van der Waals surface area contributed by atoms with E-state index in [9.17, 15) is 0 Å². The Bertz CT molecular complexity index is 142. The minimum Gasteiger partial charge on any atom is -0.305 e. The van der Waals surface area contributed by atoms with Crippen LogP contribution in [0.3, 0.4) is 0 Å². The van der Waals surface area contributed by atoms with Crippen molar-refractivity contribution >= 4 is 11.8 Å². The summed E-state index contributed by atoms with van der Waals surface area (Å²) in [4.78, 5) is 2.32. The lowest BCUT2D eigenvalue weighted by Gasteiger charge is -2.28. The van der Waals surface area contributed by atoms with Gasteiger partial charge in [-0.05, 0) is 45.7 Å². The molecule has 0 aromatic rings. The van der Waals surface area contributed by atoms with E-state index in [-0.39, 0.29) is 0 Å². The summed E-state index contributed by atoms with van der Waals surface area (Å²) in [5.41, 5.74) is 0. The molecule has 0 saturated heterocycles. The molecule has 0 heterocycles. The molecule has 0 N–H and O–H groups in total. The summed E-state index contributed by atoms with van der Waals surface area (Å²) in [5, 5.41) is 1.39. The molecule has 2 heteroatoms. The van der Waals surface area contributed by atoms with Crippen molar-refractivity contribution in [2.75, 3.05) is 19.8 Å². The first-order chi connectivity index (χ1) is 6.61. The van der Waals surface area contributed by atoms with Crippen LogP contribution in [0.15, 0.2) is 0 Å². The van der Waals surface area contributed by atoms with Crippen molar-refractivity contribution in [2.24, 2.45) is 5.92 Å². The smallest absolute Gasteiger partial charge is 0.0381 e. The van der Waals surface area contributed by atoms with E-state index in [1.54, 1.807) is 0 Å². The first-order valence-electron chi connectivity index (χ1n) is 5.12. The van der Waals surface area contributed by atoms with Crippen molar-refractivity contribution < 1.29 is 0 Å². The van der Waals surface area contributed by atoms with Gasteiger partial charge in [-0.25, -0.2) is 0 Å². The predicted molar refractivity (Wildman–Crippen MR) is 65.2 cm³/mol. The molecular formula is C12H20NS. The maximum atomic E-state index is 2.32. The van der Waals surface area contributed by atoms with Crippen molar-refractivity contribution in [1.29, 1.82) is 0 Å². The van der Waals surface area contributed by atoms with Gasteiger partial charge >= 0.3 is 0 Å². The highest BCUT2D eigenvalue weighted by atomic mass is 32.2. The van der Waals surface area contributed by atoms with Crippen LogP contribution in [0.5, 0.6) is 0 Å². The van der Waals surface area contributed by atoms with Crippen molar-refractivity contribution in [2.45, 2.75) is 19.9 Å². The van der Waals surface area contributed by atoms with E-state index < -0.39 is 0 Å². The van der Waals surface area contributed by atoms with E-state index in [1.165, 1.54) is 11.0 Å². The molecular weight excluding hydrogens is 190 g/mol. The second-order valence-electron chi connectivity index (χ2n) is 4.21. The zero-order valence-corrected chi connectivity index (χ0v) is 10.3. The Morgan fingerprint density at radius 2 is 1.79 bits per heavy atom. The second-order valence-corrected chi connectivity index (χ2v) is 5.30. The van der Waals surface area contributed by atoms with Gasteiger partial charge in [0.05, 0.1) is 0 Å². The van der Waals surface area contributed by atoms with Crippen LogP contribution in [0.25, 0.3) is 0 Å². The van der Waals surface area contributed by atoms with Gasteiger partial charge in [0.1, 0.15) is 0 Å². The van der Waals surface area contributed by atoms with Crippen molar-refractivity contribution in [3.05, 3.63) is 30.9 Å². The summed E-state index contributed by atoms with van der Waals surface area (Å²) < 4.78 is 0. The van der Waals surface area contributed by atoms with E-state index in [0.717, 1.165) is 0 Å². The molecule has 1 aliphatic carbocycles. The summed E-state index contributed by atoms with van der Waals surface area (Å²) >= 11 is 1.95. The SMILES string of the molecule is CC(C)[C@@H](CS[C]1[CH][CH][CH][CH]1)N(C)C. The number of thioether (sulfide) groups is 1. The van der Waals surface area contributed by atoms with Crippen LogP contribution in [0, 0.1) is 36.9 Å². The molecule has 0 aliphatic heterocycles. The molecule has 0 amide bonds. The average Bonchev–Trinajstić information content (AvgIpc) is 2.55. The molecule has 1 fully saturated rings. The van der Waals surface area contributed by atoms with Crippen LogP contribution < -0.4 is 0 Å². The summed E-state index contributed by atoms with van der Waals surface area (Å²) in [7, 11) is 4.33. The first kappa shape index (κ1) is 12.4. The molecule has 1 rings (SSSR count). The maximum Gasteiger partial charge on any atom is 0.0381 e. The van der Waals surface area contributed by atoms with Crippen LogP contribution in [0.1, 0.15) is 13.8 Å². The molecule has 0 aromatic heterocycles. The molecule has 1 atom stereocenters. The van der Waals surface area contributed by atoms with Gasteiger partial charge in [0.15, 0.2) is 0 Å². The third kappa shape index (κ3) is 3.82. The Kier molecular flexibility index (Phi) is 5.32. The summed E-state index contributed by atoms with van der Waals surface area (Å²) in [5.74, 6) is 1.89. The number of hydrogen-bond acceptors (Lipinski definition) is 2. The van der Waals surface area contributed by atoms with Gasteiger partial charge in [0, 0.05) is 17.0 Å². The molecule has 14 heavy (non-hydrogen) atoms. The Morgan fingerprint density at radius 1 is 1.21 bits per heavy atom. The van der Waals surface area contributed by atoms with Crippen molar-refractivity contribution in [3.63, 3.8) is 0 Å². The summed E-state index contributed by atoms with van der Waals surface area (Å²) in [6.45, 7) is 4.58. The topological polar surface area (TPSA) is 3.24 Å². The van der Waals surface area contributed by atoms with Gasteiger partial charge in [-0.2, -0.15) is 11.8 Å². The highest BCUT2D eigenvalue weighted by Crippen LogP contribution is 2.34. The molecule has 0 bridgehead atoms. The van der Waals surface area contributed by atoms with Gasteiger partial charge in [-0.3, -0.25) is 0 Å². The van der Waals surface area contributed by atoms with Crippen LogP contribution >= 0.6 is 11.8 Å². The maximum absolute atomic E-state index is 2.32. The molecule has 0 unspecified atom stereocenters. The summed E-state index contributed by atoms with van der Waals surface area (Å²) in [6, 6.07) is 0.662. The van der Waals surface area contributed by atoms with E-state index in [1.807, 2.05) is 11.8 Å². The fourth-order valence-electron chi connectivity index (χ4n) is 1.57. The quantitative estimate of drug-likeness (QED) is 0.686. The number of rotatable bonds is 5. The number of nitrogens with zero attached hydrogens (tertiary/aromatic N) is 1. The molecule has 1 nitrogen and oxygen atoms in total. The van der Waals surface area contributed by atoms with Crippen LogP contribution in [-0.4, -0.2) is 30.8 Å². The third-order valence-corrected chi connectivity index (χ3v) is 3.60. The van der Waals surface area contributed by atoms with Gasteiger partial charge < -0.3 is 4.90 Å². The lowest BCUT2D eigenvalue weighted by Crippen LogP contribution is -2.35. The Labute approximate surface area is 93.6 Å². The standard InChI is InChI=1S/C12H20NS/c1-10(2)12(13(3)4)9-14-11-7-5-6-8-11/h5-8,10,12H,9H2,1-4H3/t12-/m1/s1. The van der Waals surface area contributed by atoms with E-state index in [2.05, 4.69) is 58.5 Å². The summed E-state index contributed by atoms with van der Waals surface area (Å²) in [6.07, 6.45) is 8.56. The molecule has 79 valence electrons. The molecule has 1 aliphatic rings. The number of hydrogen-bond donors (Lipinski definition) is 0. The average molecular weight is 210 g/mol. The van der Waals surface area contributed by atoms with Crippen LogP contribution in [-0.2, 0) is 0 Å². The lowest BCUT2D eigenvalue weighted by atomic mass is 10.1. The zero-order chi connectivity index (χ0) is 10.6. The predicted octanol–water partition coefficient (Wildman–Crippen LogP) is 2.67. The largest absolute Gasteiger partial charge is 0.305 e. The highest BCUT2D eigenvalue weighted by Gasteiger charge is 2.21. The van der Waals surface area contributed by atoms with Gasteiger partial charge in [0.2, 0.25) is 0 Å². The monoisotopic (exact) mass is 210 g/mol. The molecule has 5 radical (unpaired) electrons. The highest BCUT2D eigenvalue weighted by molar-refractivity contribution is 8.02. The van der Waals surface area contributed by atoms with Gasteiger partial charge in [-0.1, -0.05) is 13.8 Å². The fraction of sp³-hybridized carbons (Fsp3) is 0.583. The molecule has 0 aromatic carbocycles. The van der Waals surface area contributed by atoms with Gasteiger partial charge in [0.25, 0.3) is 0 Å². The Hall–Kier alpha value is 0.310. The second kappa shape index (κ2) is 6.02. The fourth-order valence-corrected chi connectivity index (χ4v) is 2.97. The van der Waals surface area contributed by atoms with Crippen molar-refractivity contribution in [3.8, 4) is 0 Å². The molecule has 0 spiro atoms. The Balaban J connectivity index is 2.25. The van der Waals surface area contributed by atoms with Gasteiger partial charge in [-0.15, -0.1) is 0 Å². The molecule has 1 saturated carbocycles. The third-order valence-electron chi connectivity index (χ3n) is 2.49. The first-order valence-corrected chi connectivity index (χ1v) is 6.10. The van der Waals surface area contributed by atoms with E-state index in [4.69, 9.17) is 0 Å². The lowest BCUT2D eigenvalue weighted by molar-refractivity contribution is 0.256. The van der Waals surface area contributed by atoms with Crippen LogP contribution in [0.4, 0.5) is 0 Å². The minimum absolute atomic E-state index is 0.662. The zero-order valence-electron chi connectivity index (χ0n) is 9.53. The normalized spacial score (nSPS) is 21.0. The van der Waals surface area contributed by atoms with Crippen molar-refractivity contribution in [1.82, 2.24) is 4.90 Å². The van der Waals surface area contributed by atoms with E-state index >= 15 is 0 Å².